The molecule has 362 valence electrons. The second-order valence-electron chi connectivity index (χ2n) is 18.6. The van der Waals surface area contributed by atoms with Gasteiger partial charge in [0.2, 0.25) is 0 Å². The molecule has 0 bridgehead atoms. The number of methoxy groups -OCH3 is 1. The molecule has 0 aliphatic heterocycles. The van der Waals surface area contributed by atoms with Crippen LogP contribution in [0.25, 0.3) is 43.4 Å². The molecule has 0 aliphatic rings. The van der Waals surface area contributed by atoms with Gasteiger partial charge in [0.1, 0.15) is 24.6 Å². The topological polar surface area (TPSA) is 173 Å². The summed E-state index contributed by atoms with van der Waals surface area (Å²) in [6, 6.07) is 13.6. The number of halogens is 4. The quantitative estimate of drug-likeness (QED) is 0.0890. The Hall–Kier alpha value is -5.65. The van der Waals surface area contributed by atoms with Gasteiger partial charge in [0.25, 0.3) is 11.1 Å². The molecule has 7 aromatic rings. The number of amides is 1. The number of nitrogens with two attached hydrogens (primary N) is 1. The molecule has 2 atom stereocenters. The Labute approximate surface area is 410 Å². The number of aromatic nitrogens is 4. The lowest BCUT2D eigenvalue weighted by Gasteiger charge is -2.25. The van der Waals surface area contributed by atoms with Gasteiger partial charge in [-0.3, -0.25) is 19.6 Å². The number of alkyl carbamates (subject to hydrolysis) is 1. The minimum Gasteiger partial charge on any atom is -0.497 e. The maximum atomic E-state index is 16.6. The van der Waals surface area contributed by atoms with Crippen molar-refractivity contribution in [1.82, 2.24) is 24.8 Å². The molecule has 0 aliphatic carbocycles. The van der Waals surface area contributed by atoms with E-state index in [0.29, 0.717) is 70.7 Å². The number of hydrogen-bond donors (Lipinski definition) is 3. The van der Waals surface area contributed by atoms with Crippen LogP contribution in [0.5, 0.6) is 17.2 Å². The van der Waals surface area contributed by atoms with Crippen LogP contribution in [0.1, 0.15) is 78.3 Å². The minimum absolute atomic E-state index is 0.00221. The molecule has 0 unspecified atom stereocenters. The van der Waals surface area contributed by atoms with Gasteiger partial charge in [-0.05, 0) is 133 Å². The fourth-order valence-corrected chi connectivity index (χ4v) is 9.17. The Bertz CT molecular complexity index is 3100. The van der Waals surface area contributed by atoms with Crippen LogP contribution in [-0.2, 0) is 11.3 Å². The molecule has 68 heavy (non-hydrogen) atoms. The Balaban J connectivity index is 0.000000250. The van der Waals surface area contributed by atoms with E-state index in [2.05, 4.69) is 66.0 Å². The van der Waals surface area contributed by atoms with Gasteiger partial charge in [-0.2, -0.15) is 0 Å². The molecule has 13 nitrogen and oxygen atoms in total. The number of nitrogens with zero attached hydrogens (tertiary/aromatic N) is 3. The SMILES string of the molecule is COc1ccc(Cn2c(=O)c3c(C)nccc3c3cc(Br)c(OC[C@H](CC(C)C)NC(=O)OC(C)(C)C)c(F)c32)cc1.Cc1nccc2c1c(=O)[nH]c1c(F)c(OC[C@@H](N)CC(C)C)c(Br)cc12. The first kappa shape index (κ1) is 51.7. The second kappa shape index (κ2) is 21.8. The predicted octanol–water partition coefficient (Wildman–Crippen LogP) is 11.2. The van der Waals surface area contributed by atoms with E-state index in [0.717, 1.165) is 12.0 Å². The Morgan fingerprint density at radius 2 is 1.37 bits per heavy atom. The highest BCUT2D eigenvalue weighted by Gasteiger charge is 2.26. The van der Waals surface area contributed by atoms with Gasteiger partial charge >= 0.3 is 6.09 Å². The third-order valence-electron chi connectivity index (χ3n) is 11.0. The maximum absolute atomic E-state index is 16.6. The van der Waals surface area contributed by atoms with Crippen molar-refractivity contribution in [3.63, 3.8) is 0 Å². The third kappa shape index (κ3) is 12.0. The van der Waals surface area contributed by atoms with E-state index in [1.54, 1.807) is 90.5 Å². The van der Waals surface area contributed by atoms with Gasteiger partial charge < -0.3 is 39.5 Å². The molecule has 0 saturated heterocycles. The number of fused-ring (bicyclic) bond motifs is 6. The van der Waals surface area contributed by atoms with Crippen molar-refractivity contribution in [2.75, 3.05) is 20.3 Å². The summed E-state index contributed by atoms with van der Waals surface area (Å²) >= 11 is 6.87. The first-order chi connectivity index (χ1) is 32.1. The highest BCUT2D eigenvalue weighted by Crippen LogP contribution is 2.39. The molecule has 4 aromatic heterocycles. The number of carbonyl (C=O) groups is 1. The minimum atomic E-state index is -0.679. The summed E-state index contributed by atoms with van der Waals surface area (Å²) in [7, 11) is 1.58. The van der Waals surface area contributed by atoms with E-state index in [9.17, 15) is 14.4 Å². The van der Waals surface area contributed by atoms with Crippen LogP contribution >= 0.6 is 31.9 Å². The Morgan fingerprint density at radius 1 is 0.809 bits per heavy atom. The molecule has 0 saturated carbocycles. The predicted molar refractivity (Wildman–Crippen MR) is 271 cm³/mol. The van der Waals surface area contributed by atoms with Crippen molar-refractivity contribution in [3.05, 3.63) is 119 Å². The zero-order valence-corrected chi connectivity index (χ0v) is 43.1. The lowest BCUT2D eigenvalue weighted by molar-refractivity contribution is 0.0479. The van der Waals surface area contributed by atoms with Gasteiger partial charge in [0, 0.05) is 40.0 Å². The number of H-pyrrole nitrogens is 1. The summed E-state index contributed by atoms with van der Waals surface area (Å²) in [5.41, 5.74) is 6.82. The van der Waals surface area contributed by atoms with Crippen molar-refractivity contribution in [2.45, 2.75) is 99.4 Å². The first-order valence-electron chi connectivity index (χ1n) is 22.3. The number of benzene rings is 3. The van der Waals surface area contributed by atoms with E-state index in [-0.39, 0.29) is 65.4 Å². The van der Waals surface area contributed by atoms with Gasteiger partial charge in [-0.15, -0.1) is 0 Å². The summed E-state index contributed by atoms with van der Waals surface area (Å²) < 4.78 is 56.3. The summed E-state index contributed by atoms with van der Waals surface area (Å²) in [6.45, 7) is 17.4. The van der Waals surface area contributed by atoms with E-state index >= 15 is 8.78 Å². The Morgan fingerprint density at radius 3 is 1.96 bits per heavy atom. The lowest BCUT2D eigenvalue weighted by atomic mass is 10.0. The number of aryl methyl sites for hydroxylation is 2. The number of carbonyl (C=O) groups excluding carboxylic acids is 1. The van der Waals surface area contributed by atoms with Crippen LogP contribution in [0.3, 0.4) is 0 Å². The van der Waals surface area contributed by atoms with Crippen LogP contribution in [0.15, 0.2) is 79.5 Å². The van der Waals surface area contributed by atoms with Crippen molar-refractivity contribution >= 4 is 81.3 Å². The smallest absolute Gasteiger partial charge is 0.407 e. The van der Waals surface area contributed by atoms with Gasteiger partial charge in [0.05, 0.1) is 61.8 Å². The number of hydrogen-bond acceptors (Lipinski definition) is 10. The van der Waals surface area contributed by atoms with Crippen molar-refractivity contribution in [3.8, 4) is 17.2 Å². The zero-order valence-electron chi connectivity index (χ0n) is 39.9. The van der Waals surface area contributed by atoms with Crippen LogP contribution in [0.4, 0.5) is 13.6 Å². The van der Waals surface area contributed by atoms with E-state index in [4.69, 9.17) is 24.7 Å². The molecule has 3 aromatic carbocycles. The van der Waals surface area contributed by atoms with E-state index in [1.165, 1.54) is 4.57 Å². The molecule has 0 spiro atoms. The van der Waals surface area contributed by atoms with Crippen LogP contribution in [0, 0.1) is 37.3 Å². The molecule has 4 heterocycles. The average molecular weight is 1060 g/mol. The maximum Gasteiger partial charge on any atom is 0.407 e. The number of nitrogens with one attached hydrogen (secondary N) is 2. The third-order valence-corrected chi connectivity index (χ3v) is 12.2. The van der Waals surface area contributed by atoms with E-state index in [1.807, 2.05) is 26.0 Å². The van der Waals surface area contributed by atoms with Gasteiger partial charge in [-0.25, -0.2) is 13.6 Å². The highest BCUT2D eigenvalue weighted by atomic mass is 79.9. The second-order valence-corrected chi connectivity index (χ2v) is 20.3. The number of ether oxygens (including phenoxy) is 4. The number of rotatable bonds is 14. The van der Waals surface area contributed by atoms with Gasteiger partial charge in [-0.1, -0.05) is 39.8 Å². The first-order valence-corrected chi connectivity index (χ1v) is 23.9. The lowest BCUT2D eigenvalue weighted by Crippen LogP contribution is -2.42. The van der Waals surface area contributed by atoms with Crippen LogP contribution in [0.2, 0.25) is 0 Å². The fraction of sp³-hybridized carbons (Fsp3) is 0.392. The number of aromatic amines is 1. The molecule has 1 amide bonds. The summed E-state index contributed by atoms with van der Waals surface area (Å²) in [5, 5.41) is 6.12. The Kier molecular flexibility index (Phi) is 16.6. The van der Waals surface area contributed by atoms with E-state index < -0.39 is 29.4 Å². The van der Waals surface area contributed by atoms with Crippen LogP contribution < -0.4 is 36.4 Å². The molecule has 0 radical (unpaired) electrons. The summed E-state index contributed by atoms with van der Waals surface area (Å²) in [4.78, 5) is 49.9. The largest absolute Gasteiger partial charge is 0.497 e. The normalized spacial score (nSPS) is 12.7. The molecular formula is C51H58Br2F2N6O7. The molecule has 0 fully saturated rings. The average Bonchev–Trinajstić information content (AvgIpc) is 3.24. The van der Waals surface area contributed by atoms with Crippen molar-refractivity contribution in [2.24, 2.45) is 17.6 Å². The summed E-state index contributed by atoms with van der Waals surface area (Å²) in [6.07, 6.45) is 4.02. The molecule has 4 N–H and O–H groups in total. The van der Waals surface area contributed by atoms with Crippen molar-refractivity contribution < 1.29 is 32.5 Å². The summed E-state index contributed by atoms with van der Waals surface area (Å²) in [5.74, 6) is 0.0554. The molecule has 17 heteroatoms. The van der Waals surface area contributed by atoms with Gasteiger partial charge in [0.15, 0.2) is 23.1 Å². The molecular weight excluding hydrogens is 1010 g/mol. The zero-order chi connectivity index (χ0) is 49.8. The van der Waals surface area contributed by atoms with Crippen LogP contribution in [-0.4, -0.2) is 63.6 Å². The highest BCUT2D eigenvalue weighted by molar-refractivity contribution is 9.11. The number of pyridine rings is 4. The molecule has 7 rings (SSSR count). The fourth-order valence-electron chi connectivity index (χ4n) is 8.14. The van der Waals surface area contributed by atoms with Crippen molar-refractivity contribution in [1.29, 1.82) is 0 Å². The standard InChI is InChI=1S/C32H37BrFN3O5.C19H21BrFN3O2/c1-18(2)14-21(36-31(39)42-32(4,5)6)17-41-29-25(33)15-24-23-12-13-35-19(3)26(23)30(38)37(28(24)27(29)34)16-20-8-10-22(40-7)11-9-20;1-9(2)6-11(22)8-26-18-14(20)7-13-12-4-5-23-10(3)15(12)19(25)24-17(13)16(18)21/h8-13,15,18,21H,14,16-17H2,1-7H3,(H,36,39);4-5,7,9,11H,6,8,22H2,1-3H3,(H,24,25)/t21-;11-/m00/s1. The monoisotopic (exact) mass is 1060 g/mol.